The minimum absolute atomic E-state index is 0.866. The van der Waals surface area contributed by atoms with Crippen LogP contribution in [-0.2, 0) is 0 Å². The molecular weight excluding hydrogens is 679 g/mol. The summed E-state index contributed by atoms with van der Waals surface area (Å²) in [4.78, 5) is 2.40. The first kappa shape index (κ1) is 32.0. The summed E-state index contributed by atoms with van der Waals surface area (Å²) in [7, 11) is 0. The smallest absolute Gasteiger partial charge is 0.137 e. The number of benzene rings is 10. The maximum absolute atomic E-state index is 6.44. The Bertz CT molecular complexity index is 3240. The predicted molar refractivity (Wildman–Crippen MR) is 237 cm³/mol. The Kier molecular flexibility index (Phi) is 7.53. The molecule has 0 N–H and O–H groups in total. The summed E-state index contributed by atoms with van der Waals surface area (Å²) in [6.45, 7) is 0. The Morgan fingerprint density at radius 1 is 0.286 bits per heavy atom. The average molecular weight is 714 g/mol. The number of rotatable bonds is 6. The van der Waals surface area contributed by atoms with E-state index in [1.807, 2.05) is 6.07 Å². The summed E-state index contributed by atoms with van der Waals surface area (Å²) in [5, 5.41) is 9.75. The number of para-hydroxylation sites is 2. The molecule has 0 saturated heterocycles. The van der Waals surface area contributed by atoms with Crippen molar-refractivity contribution in [2.45, 2.75) is 0 Å². The molecule has 262 valence electrons. The largest absolute Gasteiger partial charge is 0.456 e. The third kappa shape index (κ3) is 5.26. The van der Waals surface area contributed by atoms with Crippen LogP contribution in [0.3, 0.4) is 0 Å². The molecular formula is C54H35NO. The van der Waals surface area contributed by atoms with Crippen LogP contribution in [0.15, 0.2) is 217 Å². The van der Waals surface area contributed by atoms with E-state index >= 15 is 0 Å². The molecule has 0 aliphatic heterocycles. The summed E-state index contributed by atoms with van der Waals surface area (Å²) in [5.41, 5.74) is 12.1. The molecule has 56 heavy (non-hydrogen) atoms. The number of hydrogen-bond acceptors (Lipinski definition) is 2. The molecule has 11 rings (SSSR count). The normalized spacial score (nSPS) is 11.6. The van der Waals surface area contributed by atoms with Crippen molar-refractivity contribution >= 4 is 71.3 Å². The first-order chi connectivity index (χ1) is 27.8. The topological polar surface area (TPSA) is 16.4 Å². The van der Waals surface area contributed by atoms with Crippen molar-refractivity contribution in [3.63, 3.8) is 0 Å². The lowest BCUT2D eigenvalue weighted by molar-refractivity contribution is 0.669. The molecule has 2 heteroatoms. The lowest BCUT2D eigenvalue weighted by atomic mass is 9.94. The number of hydrogen-bond donors (Lipinski definition) is 0. The van der Waals surface area contributed by atoms with Gasteiger partial charge in [-0.2, -0.15) is 0 Å². The third-order valence-corrected chi connectivity index (χ3v) is 11.3. The fourth-order valence-corrected chi connectivity index (χ4v) is 8.65. The minimum Gasteiger partial charge on any atom is -0.456 e. The molecule has 0 saturated carbocycles. The number of nitrogens with zero attached hydrogens (tertiary/aromatic N) is 1. The number of anilines is 3. The summed E-state index contributed by atoms with van der Waals surface area (Å²) < 4.78 is 6.44. The highest BCUT2D eigenvalue weighted by molar-refractivity contribution is 6.14. The monoisotopic (exact) mass is 713 g/mol. The Morgan fingerprint density at radius 3 is 1.59 bits per heavy atom. The van der Waals surface area contributed by atoms with Crippen molar-refractivity contribution in [1.29, 1.82) is 0 Å². The van der Waals surface area contributed by atoms with Gasteiger partial charge in [0.05, 0.1) is 16.8 Å². The molecule has 10 aromatic carbocycles. The first-order valence-corrected chi connectivity index (χ1v) is 19.2. The van der Waals surface area contributed by atoms with E-state index < -0.39 is 0 Å². The van der Waals surface area contributed by atoms with Gasteiger partial charge in [0.2, 0.25) is 0 Å². The lowest BCUT2D eigenvalue weighted by Gasteiger charge is -2.28. The van der Waals surface area contributed by atoms with Gasteiger partial charge >= 0.3 is 0 Å². The molecule has 0 amide bonds. The molecule has 0 radical (unpaired) electrons. The molecule has 1 heterocycles. The van der Waals surface area contributed by atoms with Gasteiger partial charge < -0.3 is 9.32 Å². The standard InChI is InChI=1S/C54H35NO/c1-3-15-42-36(12-1)14-9-19-43(42)38-26-28-40(29-27-38)46-17-5-7-22-50(46)55(51-23-11-25-53-54(51)49-18-6-8-24-52(49)56-53)41-33-30-39(31-34-41)45-20-10-21-47-44-16-4-2-13-37(44)32-35-48(45)47/h1-35H. The van der Waals surface area contributed by atoms with Crippen LogP contribution in [0.1, 0.15) is 0 Å². The van der Waals surface area contributed by atoms with E-state index in [0.29, 0.717) is 0 Å². The van der Waals surface area contributed by atoms with Gasteiger partial charge in [-0.1, -0.05) is 176 Å². The van der Waals surface area contributed by atoms with Crippen LogP contribution < -0.4 is 4.90 Å². The molecule has 0 unspecified atom stereocenters. The zero-order valence-corrected chi connectivity index (χ0v) is 30.6. The van der Waals surface area contributed by atoms with Gasteiger partial charge in [-0.05, 0) is 96.5 Å². The van der Waals surface area contributed by atoms with Gasteiger partial charge in [-0.3, -0.25) is 0 Å². The highest BCUT2D eigenvalue weighted by Crippen LogP contribution is 2.46. The SMILES string of the molecule is c1ccc(N(c2ccc(-c3cccc4c3ccc3ccccc34)cc2)c2cccc3oc4ccccc4c23)c(-c2ccc(-c3cccc4ccccc34)cc2)c1. The molecule has 2 nitrogen and oxygen atoms in total. The third-order valence-electron chi connectivity index (χ3n) is 11.3. The molecule has 1 aromatic heterocycles. The van der Waals surface area contributed by atoms with Crippen molar-refractivity contribution in [3.8, 4) is 33.4 Å². The van der Waals surface area contributed by atoms with E-state index in [4.69, 9.17) is 4.42 Å². The van der Waals surface area contributed by atoms with Gasteiger partial charge in [-0.25, -0.2) is 0 Å². The van der Waals surface area contributed by atoms with Crippen LogP contribution in [-0.4, -0.2) is 0 Å². The van der Waals surface area contributed by atoms with Crippen LogP contribution >= 0.6 is 0 Å². The Balaban J connectivity index is 1.07. The second kappa shape index (κ2) is 13.2. The summed E-state index contributed by atoms with van der Waals surface area (Å²) in [6, 6.07) is 76.5. The molecule has 0 aliphatic carbocycles. The molecule has 0 aliphatic rings. The van der Waals surface area contributed by atoms with Crippen molar-refractivity contribution in [1.82, 2.24) is 0 Å². The molecule has 11 aromatic rings. The number of furan rings is 1. The fourth-order valence-electron chi connectivity index (χ4n) is 8.65. The maximum Gasteiger partial charge on any atom is 0.137 e. The summed E-state index contributed by atoms with van der Waals surface area (Å²) in [6.07, 6.45) is 0. The Morgan fingerprint density at radius 2 is 0.786 bits per heavy atom. The zero-order chi connectivity index (χ0) is 37.0. The zero-order valence-electron chi connectivity index (χ0n) is 30.6. The van der Waals surface area contributed by atoms with Gasteiger partial charge in [0.1, 0.15) is 11.2 Å². The molecule has 0 spiro atoms. The molecule has 0 atom stereocenters. The lowest BCUT2D eigenvalue weighted by Crippen LogP contribution is -2.11. The minimum atomic E-state index is 0.866. The highest BCUT2D eigenvalue weighted by Gasteiger charge is 2.22. The van der Waals surface area contributed by atoms with E-state index in [2.05, 4.69) is 211 Å². The summed E-state index contributed by atoms with van der Waals surface area (Å²) >= 11 is 0. The van der Waals surface area contributed by atoms with Crippen LogP contribution in [0.4, 0.5) is 17.1 Å². The van der Waals surface area contributed by atoms with E-state index in [-0.39, 0.29) is 0 Å². The summed E-state index contributed by atoms with van der Waals surface area (Å²) in [5.74, 6) is 0. The fraction of sp³-hybridized carbons (Fsp3) is 0. The van der Waals surface area contributed by atoms with E-state index in [1.54, 1.807) is 0 Å². The van der Waals surface area contributed by atoms with Gasteiger partial charge in [0.25, 0.3) is 0 Å². The van der Waals surface area contributed by atoms with Gasteiger partial charge in [-0.15, -0.1) is 0 Å². The van der Waals surface area contributed by atoms with Crippen LogP contribution in [0.5, 0.6) is 0 Å². The van der Waals surface area contributed by atoms with Gasteiger partial charge in [0, 0.05) is 16.6 Å². The average Bonchev–Trinajstić information content (AvgIpc) is 3.66. The second-order valence-corrected chi connectivity index (χ2v) is 14.4. The van der Waals surface area contributed by atoms with Crippen molar-refractivity contribution in [2.75, 3.05) is 4.90 Å². The first-order valence-electron chi connectivity index (χ1n) is 19.2. The van der Waals surface area contributed by atoms with Crippen LogP contribution in [0, 0.1) is 0 Å². The van der Waals surface area contributed by atoms with Crippen molar-refractivity contribution < 1.29 is 4.42 Å². The second-order valence-electron chi connectivity index (χ2n) is 14.4. The quantitative estimate of drug-likeness (QED) is 0.160. The molecule has 0 bridgehead atoms. The van der Waals surface area contributed by atoms with Crippen LogP contribution in [0.2, 0.25) is 0 Å². The Labute approximate surface area is 325 Å². The van der Waals surface area contributed by atoms with E-state index in [1.165, 1.54) is 54.6 Å². The molecule has 0 fully saturated rings. The Hall–Kier alpha value is -7.42. The van der Waals surface area contributed by atoms with Gasteiger partial charge in [0.15, 0.2) is 0 Å². The van der Waals surface area contributed by atoms with Crippen molar-refractivity contribution in [3.05, 3.63) is 212 Å². The highest BCUT2D eigenvalue weighted by atomic mass is 16.3. The maximum atomic E-state index is 6.44. The number of fused-ring (bicyclic) bond motifs is 7. The predicted octanol–water partition coefficient (Wildman–Crippen LogP) is 15.5. The van der Waals surface area contributed by atoms with Crippen molar-refractivity contribution in [2.24, 2.45) is 0 Å². The van der Waals surface area contributed by atoms with E-state index in [9.17, 15) is 0 Å². The van der Waals surface area contributed by atoms with E-state index in [0.717, 1.165) is 50.1 Å². The van der Waals surface area contributed by atoms with Crippen LogP contribution in [0.25, 0.3) is 87.6 Å².